The van der Waals surface area contributed by atoms with Crippen LogP contribution in [0.2, 0.25) is 0 Å². The van der Waals surface area contributed by atoms with Crippen LogP contribution in [0.25, 0.3) is 0 Å². The van der Waals surface area contributed by atoms with Crippen molar-refractivity contribution in [3.8, 4) is 0 Å². The molecule has 0 aromatic heterocycles. The first-order chi connectivity index (χ1) is 7.72. The normalized spacial score (nSPS) is 14.8. The number of benzene rings is 1. The SMILES string of the molecule is Cc1ccc2c(c1)CCCN2C(=O)CCS. The Bertz CT molecular complexity index is 403. The molecule has 0 N–H and O–H groups in total. The van der Waals surface area contributed by atoms with Gasteiger partial charge in [0.05, 0.1) is 0 Å². The molecule has 0 fully saturated rings. The largest absolute Gasteiger partial charge is 0.312 e. The average molecular weight is 235 g/mol. The maximum absolute atomic E-state index is 11.9. The van der Waals surface area contributed by atoms with Gasteiger partial charge in [-0.2, -0.15) is 12.6 Å². The van der Waals surface area contributed by atoms with Crippen LogP contribution in [0.5, 0.6) is 0 Å². The standard InChI is InChI=1S/C13H17NOS/c1-10-4-5-12-11(9-10)3-2-7-14(12)13(15)6-8-16/h4-5,9,16H,2-3,6-8H2,1H3. The second-order valence-corrected chi connectivity index (χ2v) is 4.70. The van der Waals surface area contributed by atoms with E-state index in [4.69, 9.17) is 0 Å². The first kappa shape index (κ1) is 11.5. The summed E-state index contributed by atoms with van der Waals surface area (Å²) in [6, 6.07) is 6.33. The smallest absolute Gasteiger partial charge is 0.227 e. The summed E-state index contributed by atoms with van der Waals surface area (Å²) in [4.78, 5) is 13.8. The van der Waals surface area contributed by atoms with Gasteiger partial charge in [0.1, 0.15) is 0 Å². The highest BCUT2D eigenvalue weighted by molar-refractivity contribution is 7.80. The Morgan fingerprint density at radius 3 is 3.06 bits per heavy atom. The number of fused-ring (bicyclic) bond motifs is 1. The van der Waals surface area contributed by atoms with Gasteiger partial charge in [-0.25, -0.2) is 0 Å². The molecule has 86 valence electrons. The molecule has 2 rings (SSSR count). The van der Waals surface area contributed by atoms with E-state index in [0.717, 1.165) is 25.1 Å². The van der Waals surface area contributed by atoms with Crippen molar-refractivity contribution in [2.75, 3.05) is 17.2 Å². The summed E-state index contributed by atoms with van der Waals surface area (Å²) >= 11 is 4.12. The van der Waals surface area contributed by atoms with Crippen molar-refractivity contribution in [1.82, 2.24) is 0 Å². The van der Waals surface area contributed by atoms with Gasteiger partial charge < -0.3 is 4.90 Å². The Morgan fingerprint density at radius 2 is 2.31 bits per heavy atom. The number of carbonyl (C=O) groups is 1. The first-order valence-electron chi connectivity index (χ1n) is 5.73. The van der Waals surface area contributed by atoms with Crippen molar-refractivity contribution < 1.29 is 4.79 Å². The second-order valence-electron chi connectivity index (χ2n) is 4.25. The number of thiol groups is 1. The number of hydrogen-bond donors (Lipinski definition) is 1. The minimum atomic E-state index is 0.194. The Morgan fingerprint density at radius 1 is 1.50 bits per heavy atom. The number of hydrogen-bond acceptors (Lipinski definition) is 2. The highest BCUT2D eigenvalue weighted by Gasteiger charge is 2.21. The zero-order valence-electron chi connectivity index (χ0n) is 9.57. The van der Waals surface area contributed by atoms with E-state index in [0.29, 0.717) is 12.2 Å². The maximum Gasteiger partial charge on any atom is 0.227 e. The number of amides is 1. The third-order valence-corrected chi connectivity index (χ3v) is 3.20. The lowest BCUT2D eigenvalue weighted by atomic mass is 9.99. The van der Waals surface area contributed by atoms with Gasteiger partial charge in [0.2, 0.25) is 5.91 Å². The van der Waals surface area contributed by atoms with Crippen LogP contribution in [-0.2, 0) is 11.2 Å². The summed E-state index contributed by atoms with van der Waals surface area (Å²) in [7, 11) is 0. The minimum absolute atomic E-state index is 0.194. The van der Waals surface area contributed by atoms with E-state index in [1.165, 1.54) is 11.1 Å². The molecule has 16 heavy (non-hydrogen) atoms. The van der Waals surface area contributed by atoms with E-state index in [2.05, 4.69) is 37.8 Å². The topological polar surface area (TPSA) is 20.3 Å². The molecule has 0 spiro atoms. The van der Waals surface area contributed by atoms with Crippen molar-refractivity contribution in [1.29, 1.82) is 0 Å². The van der Waals surface area contributed by atoms with Crippen molar-refractivity contribution in [3.63, 3.8) is 0 Å². The number of aryl methyl sites for hydroxylation is 2. The van der Waals surface area contributed by atoms with E-state index in [1.807, 2.05) is 4.90 Å². The number of anilines is 1. The predicted octanol–water partition coefficient (Wildman–Crippen LogP) is 2.59. The van der Waals surface area contributed by atoms with Gasteiger partial charge in [0.15, 0.2) is 0 Å². The number of nitrogens with zero attached hydrogens (tertiary/aromatic N) is 1. The lowest BCUT2D eigenvalue weighted by Gasteiger charge is -2.29. The van der Waals surface area contributed by atoms with Crippen LogP contribution in [-0.4, -0.2) is 18.2 Å². The Kier molecular flexibility index (Phi) is 3.54. The third-order valence-electron chi connectivity index (χ3n) is 2.98. The van der Waals surface area contributed by atoms with Gasteiger partial charge in [-0.1, -0.05) is 17.7 Å². The Balaban J connectivity index is 2.29. The van der Waals surface area contributed by atoms with Crippen LogP contribution < -0.4 is 4.90 Å². The van der Waals surface area contributed by atoms with Crippen LogP contribution in [0.1, 0.15) is 24.0 Å². The van der Waals surface area contributed by atoms with E-state index in [1.54, 1.807) is 0 Å². The summed E-state index contributed by atoms with van der Waals surface area (Å²) in [5, 5.41) is 0. The molecule has 1 aromatic rings. The molecule has 0 saturated carbocycles. The summed E-state index contributed by atoms with van der Waals surface area (Å²) in [5.74, 6) is 0.816. The summed E-state index contributed by atoms with van der Waals surface area (Å²) in [6.07, 6.45) is 2.67. The van der Waals surface area contributed by atoms with Crippen LogP contribution >= 0.6 is 12.6 Å². The zero-order valence-corrected chi connectivity index (χ0v) is 10.5. The van der Waals surface area contributed by atoms with Crippen LogP contribution in [0.4, 0.5) is 5.69 Å². The predicted molar refractivity (Wildman–Crippen MR) is 70.3 cm³/mol. The minimum Gasteiger partial charge on any atom is -0.312 e. The van der Waals surface area contributed by atoms with Crippen molar-refractivity contribution in [3.05, 3.63) is 29.3 Å². The van der Waals surface area contributed by atoms with Gasteiger partial charge in [-0.3, -0.25) is 4.79 Å². The van der Waals surface area contributed by atoms with Gasteiger partial charge in [0, 0.05) is 18.7 Å². The van der Waals surface area contributed by atoms with Gasteiger partial charge >= 0.3 is 0 Å². The molecule has 0 bridgehead atoms. The lowest BCUT2D eigenvalue weighted by molar-refractivity contribution is -0.118. The highest BCUT2D eigenvalue weighted by Crippen LogP contribution is 2.28. The Labute approximate surface area is 102 Å². The fraction of sp³-hybridized carbons (Fsp3) is 0.462. The van der Waals surface area contributed by atoms with Crippen molar-refractivity contribution in [2.45, 2.75) is 26.2 Å². The van der Waals surface area contributed by atoms with Crippen LogP contribution in [0.3, 0.4) is 0 Å². The molecule has 1 amide bonds. The molecule has 0 saturated heterocycles. The third kappa shape index (κ3) is 2.24. The monoisotopic (exact) mass is 235 g/mol. The molecule has 0 radical (unpaired) electrons. The molecule has 3 heteroatoms. The van der Waals surface area contributed by atoms with E-state index in [-0.39, 0.29) is 5.91 Å². The first-order valence-corrected chi connectivity index (χ1v) is 6.36. The average Bonchev–Trinajstić information content (AvgIpc) is 2.28. The molecule has 1 aliphatic rings. The van der Waals surface area contributed by atoms with Crippen molar-refractivity contribution >= 4 is 24.2 Å². The number of carbonyl (C=O) groups excluding carboxylic acids is 1. The highest BCUT2D eigenvalue weighted by atomic mass is 32.1. The molecule has 0 atom stereocenters. The summed E-state index contributed by atoms with van der Waals surface area (Å²) < 4.78 is 0. The number of rotatable bonds is 2. The van der Waals surface area contributed by atoms with E-state index in [9.17, 15) is 4.79 Å². The van der Waals surface area contributed by atoms with Crippen LogP contribution in [0, 0.1) is 6.92 Å². The summed E-state index contributed by atoms with van der Waals surface area (Å²) in [6.45, 7) is 2.94. The fourth-order valence-corrected chi connectivity index (χ4v) is 2.41. The molecular formula is C13H17NOS. The van der Waals surface area contributed by atoms with Crippen LogP contribution in [0.15, 0.2) is 18.2 Å². The second kappa shape index (κ2) is 4.91. The molecule has 0 unspecified atom stereocenters. The quantitative estimate of drug-likeness (QED) is 0.781. The molecule has 1 heterocycles. The molecular weight excluding hydrogens is 218 g/mol. The lowest BCUT2D eigenvalue weighted by Crippen LogP contribution is -2.35. The van der Waals surface area contributed by atoms with Crippen molar-refractivity contribution in [2.24, 2.45) is 0 Å². The van der Waals surface area contributed by atoms with Gasteiger partial charge in [0.25, 0.3) is 0 Å². The van der Waals surface area contributed by atoms with Gasteiger partial charge in [-0.15, -0.1) is 0 Å². The Hall–Kier alpha value is -0.960. The zero-order chi connectivity index (χ0) is 11.5. The molecule has 2 nitrogen and oxygen atoms in total. The molecule has 1 aromatic carbocycles. The van der Waals surface area contributed by atoms with E-state index < -0.39 is 0 Å². The van der Waals surface area contributed by atoms with Gasteiger partial charge in [-0.05, 0) is 37.1 Å². The maximum atomic E-state index is 11.9. The molecule has 1 aliphatic heterocycles. The summed E-state index contributed by atoms with van der Waals surface area (Å²) in [5.41, 5.74) is 3.67. The fourth-order valence-electron chi connectivity index (χ4n) is 2.22. The molecule has 0 aliphatic carbocycles. The van der Waals surface area contributed by atoms with E-state index >= 15 is 0 Å².